The summed E-state index contributed by atoms with van der Waals surface area (Å²) in [5.74, 6) is 0.773. The van der Waals surface area contributed by atoms with Crippen LogP contribution in [0.1, 0.15) is 16.7 Å². The number of methoxy groups -OCH3 is 1. The molecule has 1 aliphatic heterocycles. The molecule has 5 nitrogen and oxygen atoms in total. The van der Waals surface area contributed by atoms with Gasteiger partial charge in [0.2, 0.25) is 0 Å². The topological polar surface area (TPSA) is 67.9 Å². The minimum absolute atomic E-state index is 0.202. The zero-order valence-corrected chi connectivity index (χ0v) is 12.8. The molecule has 0 amide bonds. The summed E-state index contributed by atoms with van der Waals surface area (Å²) in [4.78, 5) is 17.2. The molecule has 112 valence electrons. The predicted octanol–water partition coefficient (Wildman–Crippen LogP) is 2.61. The van der Waals surface area contributed by atoms with Gasteiger partial charge >= 0.3 is 0 Å². The van der Waals surface area contributed by atoms with Crippen LogP contribution in [0, 0.1) is 18.3 Å². The van der Waals surface area contributed by atoms with Gasteiger partial charge in [0.05, 0.1) is 30.6 Å². The Morgan fingerprint density at radius 2 is 2.13 bits per heavy atom. The van der Waals surface area contributed by atoms with Gasteiger partial charge in [-0.1, -0.05) is 0 Å². The number of pyridine rings is 2. The summed E-state index contributed by atoms with van der Waals surface area (Å²) in [6, 6.07) is 11.6. The van der Waals surface area contributed by atoms with Crippen molar-refractivity contribution in [2.45, 2.75) is 13.5 Å². The Balaban J connectivity index is 2.00. The molecule has 4 rings (SSSR count). The van der Waals surface area contributed by atoms with Crippen LogP contribution < -0.4 is 10.3 Å². The molecule has 3 heterocycles. The van der Waals surface area contributed by atoms with Gasteiger partial charge in [0, 0.05) is 10.9 Å². The second-order valence-corrected chi connectivity index (χ2v) is 5.65. The molecule has 0 radical (unpaired) electrons. The van der Waals surface area contributed by atoms with Crippen LogP contribution in [0.25, 0.3) is 22.3 Å². The summed E-state index contributed by atoms with van der Waals surface area (Å²) >= 11 is 0. The van der Waals surface area contributed by atoms with Gasteiger partial charge in [-0.25, -0.2) is 4.98 Å². The van der Waals surface area contributed by atoms with Gasteiger partial charge in [-0.2, -0.15) is 5.26 Å². The zero-order valence-electron chi connectivity index (χ0n) is 12.8. The van der Waals surface area contributed by atoms with E-state index in [1.54, 1.807) is 18.6 Å². The third-order valence-electron chi connectivity index (χ3n) is 4.28. The van der Waals surface area contributed by atoms with Crippen LogP contribution in [0.4, 0.5) is 0 Å². The summed E-state index contributed by atoms with van der Waals surface area (Å²) < 4.78 is 6.87. The fraction of sp³-hybridized carbons (Fsp3) is 0.167. The van der Waals surface area contributed by atoms with Gasteiger partial charge < -0.3 is 9.30 Å². The van der Waals surface area contributed by atoms with Crippen molar-refractivity contribution in [3.8, 4) is 23.2 Å². The van der Waals surface area contributed by atoms with Crippen molar-refractivity contribution in [2.75, 3.05) is 7.11 Å². The van der Waals surface area contributed by atoms with Crippen LogP contribution in [-0.2, 0) is 6.54 Å². The fourth-order valence-corrected chi connectivity index (χ4v) is 3.10. The highest BCUT2D eigenvalue weighted by Gasteiger charge is 2.24. The standard InChI is InChI=1S/C18H13N3O2/c1-10-5-16-17-12(9-21(16)18(22)14(10)8-19)6-11-7-13(23-2)3-4-15(11)20-17/h3-7H,9H2,1-2H3. The van der Waals surface area contributed by atoms with Gasteiger partial charge in [0.1, 0.15) is 17.4 Å². The molecule has 23 heavy (non-hydrogen) atoms. The highest BCUT2D eigenvalue weighted by Crippen LogP contribution is 2.33. The third kappa shape index (κ3) is 1.85. The Morgan fingerprint density at radius 1 is 1.30 bits per heavy atom. The van der Waals surface area contributed by atoms with Gasteiger partial charge in [-0.3, -0.25) is 4.79 Å². The normalized spacial score (nSPS) is 11.9. The Morgan fingerprint density at radius 3 is 2.87 bits per heavy atom. The number of nitriles is 1. The first-order chi connectivity index (χ1) is 11.1. The van der Waals surface area contributed by atoms with Crippen molar-refractivity contribution in [1.82, 2.24) is 9.55 Å². The van der Waals surface area contributed by atoms with E-state index >= 15 is 0 Å². The van der Waals surface area contributed by atoms with Gasteiger partial charge in [-0.05, 0) is 42.8 Å². The lowest BCUT2D eigenvalue weighted by Crippen LogP contribution is -2.22. The Hall–Kier alpha value is -3.13. The van der Waals surface area contributed by atoms with Gasteiger partial charge in [-0.15, -0.1) is 0 Å². The maximum absolute atomic E-state index is 12.5. The van der Waals surface area contributed by atoms with E-state index in [1.165, 1.54) is 0 Å². The molecule has 3 aromatic rings. The molecule has 0 aliphatic carbocycles. The minimum atomic E-state index is -0.248. The lowest BCUT2D eigenvalue weighted by molar-refractivity contribution is 0.415. The van der Waals surface area contributed by atoms with Crippen molar-refractivity contribution in [1.29, 1.82) is 5.26 Å². The Labute approximate surface area is 132 Å². The van der Waals surface area contributed by atoms with Crippen LogP contribution in [-0.4, -0.2) is 16.7 Å². The second-order valence-electron chi connectivity index (χ2n) is 5.65. The van der Waals surface area contributed by atoms with Crippen LogP contribution in [0.2, 0.25) is 0 Å². The summed E-state index contributed by atoms with van der Waals surface area (Å²) in [6.07, 6.45) is 0. The van der Waals surface area contributed by atoms with Gasteiger partial charge in [0.15, 0.2) is 0 Å². The summed E-state index contributed by atoms with van der Waals surface area (Å²) in [6.45, 7) is 2.23. The molecule has 0 bridgehead atoms. The number of aromatic nitrogens is 2. The Bertz CT molecular complexity index is 1070. The van der Waals surface area contributed by atoms with Crippen LogP contribution >= 0.6 is 0 Å². The molecule has 0 unspecified atom stereocenters. The van der Waals surface area contributed by atoms with E-state index in [4.69, 9.17) is 15.0 Å². The molecular weight excluding hydrogens is 290 g/mol. The molecule has 2 aromatic heterocycles. The van der Waals surface area contributed by atoms with E-state index in [2.05, 4.69) is 0 Å². The maximum Gasteiger partial charge on any atom is 0.269 e. The molecule has 0 saturated carbocycles. The molecule has 0 spiro atoms. The summed E-state index contributed by atoms with van der Waals surface area (Å²) in [7, 11) is 1.63. The van der Waals surface area contributed by atoms with E-state index in [0.717, 1.165) is 33.6 Å². The number of ether oxygens (including phenoxy) is 1. The van der Waals surface area contributed by atoms with Crippen molar-refractivity contribution in [2.24, 2.45) is 0 Å². The van der Waals surface area contributed by atoms with Crippen LogP contribution in [0.5, 0.6) is 5.75 Å². The first kappa shape index (κ1) is 13.5. The number of benzene rings is 1. The molecule has 1 aromatic carbocycles. The first-order valence-electron chi connectivity index (χ1n) is 7.25. The molecule has 0 atom stereocenters. The smallest absolute Gasteiger partial charge is 0.269 e. The lowest BCUT2D eigenvalue weighted by atomic mass is 10.1. The number of hydrogen-bond donors (Lipinski definition) is 0. The maximum atomic E-state index is 12.5. The number of aryl methyl sites for hydroxylation is 1. The molecule has 0 fully saturated rings. The summed E-state index contributed by atoms with van der Waals surface area (Å²) in [5, 5.41) is 10.1. The van der Waals surface area contributed by atoms with Crippen molar-refractivity contribution < 1.29 is 4.74 Å². The van der Waals surface area contributed by atoms with E-state index < -0.39 is 0 Å². The number of hydrogen-bond acceptors (Lipinski definition) is 4. The van der Waals surface area contributed by atoms with E-state index in [9.17, 15) is 4.79 Å². The van der Waals surface area contributed by atoms with Crippen LogP contribution in [0.15, 0.2) is 35.1 Å². The largest absolute Gasteiger partial charge is 0.497 e. The first-order valence-corrected chi connectivity index (χ1v) is 7.25. The summed E-state index contributed by atoms with van der Waals surface area (Å²) in [5.41, 5.74) is 4.07. The highest BCUT2D eigenvalue weighted by molar-refractivity contribution is 5.85. The number of nitrogens with zero attached hydrogens (tertiary/aromatic N) is 3. The minimum Gasteiger partial charge on any atom is -0.497 e. The van der Waals surface area contributed by atoms with E-state index in [-0.39, 0.29) is 11.1 Å². The fourth-order valence-electron chi connectivity index (χ4n) is 3.10. The number of rotatable bonds is 1. The average Bonchev–Trinajstić information content (AvgIpc) is 2.90. The van der Waals surface area contributed by atoms with E-state index in [0.29, 0.717) is 12.1 Å². The number of fused-ring (bicyclic) bond motifs is 4. The van der Waals surface area contributed by atoms with E-state index in [1.807, 2.05) is 36.4 Å². The SMILES string of the molecule is COc1ccc2nc3c(cc2c1)Cn1c-3cc(C)c(C#N)c1=O. The molecule has 5 heteroatoms. The third-order valence-corrected chi connectivity index (χ3v) is 4.28. The zero-order chi connectivity index (χ0) is 16.1. The van der Waals surface area contributed by atoms with Crippen molar-refractivity contribution in [3.05, 3.63) is 57.4 Å². The van der Waals surface area contributed by atoms with Gasteiger partial charge in [0.25, 0.3) is 5.56 Å². The average molecular weight is 303 g/mol. The molecular formula is C18H13N3O2. The second kappa shape index (κ2) is 4.68. The molecule has 1 aliphatic rings. The highest BCUT2D eigenvalue weighted by atomic mass is 16.5. The predicted molar refractivity (Wildman–Crippen MR) is 86.5 cm³/mol. The molecule has 0 N–H and O–H groups in total. The monoisotopic (exact) mass is 303 g/mol. The lowest BCUT2D eigenvalue weighted by Gasteiger charge is -2.06. The van der Waals surface area contributed by atoms with Crippen LogP contribution in [0.3, 0.4) is 0 Å². The Kier molecular flexibility index (Phi) is 2.75. The van der Waals surface area contributed by atoms with Crippen molar-refractivity contribution in [3.63, 3.8) is 0 Å². The quantitative estimate of drug-likeness (QED) is 0.542. The molecule has 0 saturated heterocycles. The van der Waals surface area contributed by atoms with Crippen molar-refractivity contribution >= 4 is 10.9 Å².